The van der Waals surface area contributed by atoms with Crippen molar-refractivity contribution in [2.75, 3.05) is 13.7 Å². The maximum atomic E-state index is 11.5. The predicted octanol–water partition coefficient (Wildman–Crippen LogP) is 2.15. The number of Topliss-reactive ketones (excluding diaryl/α,β-unsaturated/α-hetero) is 1. The normalized spacial score (nSPS) is 13.5. The van der Waals surface area contributed by atoms with Gasteiger partial charge in [0.1, 0.15) is 11.5 Å². The Morgan fingerprint density at radius 2 is 1.90 bits per heavy atom. The number of ether oxygens (including phenoxy) is 2. The van der Waals surface area contributed by atoms with Gasteiger partial charge in [-0.2, -0.15) is 0 Å². The second kappa shape index (κ2) is 8.32. The quantitative estimate of drug-likeness (QED) is 0.750. The number of carbonyl (C=O) groups excluding carboxylic acids is 1. The van der Waals surface area contributed by atoms with Crippen LogP contribution in [0.2, 0.25) is 0 Å². The molecule has 1 aromatic rings. The largest absolute Gasteiger partial charge is 0.493 e. The number of hydrogen-bond donors (Lipinski definition) is 1. The number of para-hydroxylation sites is 1. The van der Waals surface area contributed by atoms with Crippen molar-refractivity contribution in [1.82, 2.24) is 0 Å². The van der Waals surface area contributed by atoms with E-state index in [2.05, 4.69) is 0 Å². The van der Waals surface area contributed by atoms with Crippen molar-refractivity contribution in [3.63, 3.8) is 0 Å². The fourth-order valence-electron chi connectivity index (χ4n) is 2.02. The highest BCUT2D eigenvalue weighted by Gasteiger charge is 2.27. The van der Waals surface area contributed by atoms with Crippen molar-refractivity contribution >= 4 is 11.8 Å². The maximum Gasteiger partial charge on any atom is 0.304 e. The van der Waals surface area contributed by atoms with Gasteiger partial charge in [-0.1, -0.05) is 18.2 Å². The lowest BCUT2D eigenvalue weighted by Crippen LogP contribution is -2.32. The third kappa shape index (κ3) is 5.40. The van der Waals surface area contributed by atoms with Crippen LogP contribution in [0.5, 0.6) is 5.75 Å². The summed E-state index contributed by atoms with van der Waals surface area (Å²) in [6.07, 6.45) is -0.213. The molecule has 0 aliphatic carbocycles. The van der Waals surface area contributed by atoms with Crippen LogP contribution in [0.1, 0.15) is 19.8 Å². The fraction of sp³-hybridized carbons (Fsp3) is 0.467. The average molecular weight is 280 g/mol. The minimum Gasteiger partial charge on any atom is -0.493 e. The van der Waals surface area contributed by atoms with Crippen LogP contribution < -0.4 is 4.74 Å². The van der Waals surface area contributed by atoms with Crippen LogP contribution in [0.4, 0.5) is 0 Å². The standard InChI is InChI=1S/C15H20O5/c1-11(16)13(10-15(17)18)14(19-2)8-9-20-12-6-4-3-5-7-12/h3-7,13-14H,8-10H2,1-2H3,(H,17,18). The first-order valence-corrected chi connectivity index (χ1v) is 6.47. The molecule has 20 heavy (non-hydrogen) atoms. The van der Waals surface area contributed by atoms with Gasteiger partial charge in [0.2, 0.25) is 0 Å². The number of methoxy groups -OCH3 is 1. The minimum atomic E-state index is -1.00. The Morgan fingerprint density at radius 1 is 1.25 bits per heavy atom. The molecule has 0 aromatic heterocycles. The molecule has 0 aliphatic heterocycles. The summed E-state index contributed by atoms with van der Waals surface area (Å²) in [5, 5.41) is 8.84. The lowest BCUT2D eigenvalue weighted by atomic mass is 9.92. The number of aliphatic carboxylic acids is 1. The molecule has 110 valence electrons. The Labute approximate surface area is 118 Å². The van der Waals surface area contributed by atoms with Crippen LogP contribution >= 0.6 is 0 Å². The van der Waals surface area contributed by atoms with E-state index < -0.39 is 18.0 Å². The molecule has 0 radical (unpaired) electrons. The van der Waals surface area contributed by atoms with Crippen LogP contribution in [-0.4, -0.2) is 36.7 Å². The number of carboxylic acid groups (broad SMARTS) is 1. The molecule has 0 spiro atoms. The van der Waals surface area contributed by atoms with E-state index in [0.717, 1.165) is 5.75 Å². The highest BCUT2D eigenvalue weighted by atomic mass is 16.5. The molecule has 2 atom stereocenters. The summed E-state index contributed by atoms with van der Waals surface area (Å²) in [6.45, 7) is 1.75. The Kier molecular flexibility index (Phi) is 6.73. The van der Waals surface area contributed by atoms with Crippen LogP contribution in [0.15, 0.2) is 30.3 Å². The Morgan fingerprint density at radius 3 is 2.40 bits per heavy atom. The summed E-state index contributed by atoms with van der Waals surface area (Å²) in [4.78, 5) is 22.3. The number of benzene rings is 1. The SMILES string of the molecule is COC(CCOc1ccccc1)C(CC(=O)O)C(C)=O. The van der Waals surface area contributed by atoms with Crippen molar-refractivity contribution < 1.29 is 24.2 Å². The molecule has 0 heterocycles. The first-order chi connectivity index (χ1) is 9.54. The second-order valence-electron chi connectivity index (χ2n) is 4.54. The first kappa shape index (κ1) is 16.2. The summed E-state index contributed by atoms with van der Waals surface area (Å²) >= 11 is 0. The highest BCUT2D eigenvalue weighted by molar-refractivity contribution is 5.83. The molecule has 0 amide bonds. The van der Waals surface area contributed by atoms with E-state index in [9.17, 15) is 9.59 Å². The zero-order chi connectivity index (χ0) is 15.0. The molecule has 0 aliphatic rings. The third-order valence-electron chi connectivity index (χ3n) is 3.08. The Hall–Kier alpha value is -1.88. The van der Waals surface area contributed by atoms with E-state index in [1.54, 1.807) is 0 Å². The second-order valence-corrected chi connectivity index (χ2v) is 4.54. The lowest BCUT2D eigenvalue weighted by molar-refractivity contribution is -0.143. The van der Waals surface area contributed by atoms with Crippen molar-refractivity contribution in [3.05, 3.63) is 30.3 Å². The van der Waals surface area contributed by atoms with Gasteiger partial charge in [-0.05, 0) is 19.1 Å². The average Bonchev–Trinajstić information content (AvgIpc) is 2.42. The summed E-state index contributed by atoms with van der Waals surface area (Å²) in [7, 11) is 1.48. The Balaban J connectivity index is 2.52. The van der Waals surface area contributed by atoms with Gasteiger partial charge in [0.25, 0.3) is 0 Å². The van der Waals surface area contributed by atoms with E-state index in [1.807, 2.05) is 30.3 Å². The number of carbonyl (C=O) groups is 2. The molecule has 0 saturated heterocycles. The van der Waals surface area contributed by atoms with Gasteiger partial charge in [-0.3, -0.25) is 9.59 Å². The molecule has 0 fully saturated rings. The van der Waals surface area contributed by atoms with Crippen molar-refractivity contribution in [2.24, 2.45) is 5.92 Å². The van der Waals surface area contributed by atoms with E-state index in [1.165, 1.54) is 14.0 Å². The fourth-order valence-corrected chi connectivity index (χ4v) is 2.02. The van der Waals surface area contributed by atoms with Gasteiger partial charge >= 0.3 is 5.97 Å². The zero-order valence-corrected chi connectivity index (χ0v) is 11.7. The first-order valence-electron chi connectivity index (χ1n) is 6.47. The van der Waals surface area contributed by atoms with E-state index in [4.69, 9.17) is 14.6 Å². The molecule has 1 N–H and O–H groups in total. The zero-order valence-electron chi connectivity index (χ0n) is 11.7. The highest BCUT2D eigenvalue weighted by Crippen LogP contribution is 2.18. The van der Waals surface area contributed by atoms with Crippen molar-refractivity contribution in [3.8, 4) is 5.75 Å². The molecule has 1 rings (SSSR count). The summed E-state index contributed by atoms with van der Waals surface area (Å²) in [5.41, 5.74) is 0. The summed E-state index contributed by atoms with van der Waals surface area (Å²) in [5.74, 6) is -1.09. The van der Waals surface area contributed by atoms with Crippen LogP contribution in [0, 0.1) is 5.92 Å². The smallest absolute Gasteiger partial charge is 0.304 e. The molecule has 0 saturated carbocycles. The number of ketones is 1. The van der Waals surface area contributed by atoms with Crippen LogP contribution in [0.25, 0.3) is 0 Å². The number of carboxylic acids is 1. The van der Waals surface area contributed by atoms with E-state index in [0.29, 0.717) is 13.0 Å². The van der Waals surface area contributed by atoms with Gasteiger partial charge in [0, 0.05) is 13.5 Å². The van der Waals surface area contributed by atoms with Gasteiger partial charge in [0.05, 0.1) is 25.0 Å². The molecule has 5 heteroatoms. The van der Waals surface area contributed by atoms with E-state index >= 15 is 0 Å². The van der Waals surface area contributed by atoms with Crippen LogP contribution in [0.3, 0.4) is 0 Å². The summed E-state index contributed by atoms with van der Waals surface area (Å²) in [6, 6.07) is 9.30. The lowest BCUT2D eigenvalue weighted by Gasteiger charge is -2.22. The molecule has 1 aromatic carbocycles. The molecule has 0 bridgehead atoms. The van der Waals surface area contributed by atoms with Crippen molar-refractivity contribution in [2.45, 2.75) is 25.9 Å². The van der Waals surface area contributed by atoms with Gasteiger partial charge in [-0.25, -0.2) is 0 Å². The predicted molar refractivity (Wildman–Crippen MR) is 73.8 cm³/mol. The minimum absolute atomic E-state index is 0.182. The van der Waals surface area contributed by atoms with Gasteiger partial charge in [0.15, 0.2) is 0 Å². The van der Waals surface area contributed by atoms with E-state index in [-0.39, 0.29) is 12.2 Å². The number of hydrogen-bond acceptors (Lipinski definition) is 4. The molecular formula is C15H20O5. The molecule has 5 nitrogen and oxygen atoms in total. The number of rotatable bonds is 9. The monoisotopic (exact) mass is 280 g/mol. The summed E-state index contributed by atoms with van der Waals surface area (Å²) < 4.78 is 10.8. The molecular weight excluding hydrogens is 260 g/mol. The van der Waals surface area contributed by atoms with Crippen LogP contribution in [-0.2, 0) is 14.3 Å². The molecule has 2 unspecified atom stereocenters. The van der Waals surface area contributed by atoms with Gasteiger partial charge in [-0.15, -0.1) is 0 Å². The third-order valence-corrected chi connectivity index (χ3v) is 3.08. The Bertz CT molecular complexity index is 429. The van der Waals surface area contributed by atoms with Gasteiger partial charge < -0.3 is 14.6 Å². The maximum absolute atomic E-state index is 11.5. The van der Waals surface area contributed by atoms with Crippen molar-refractivity contribution in [1.29, 1.82) is 0 Å². The topological polar surface area (TPSA) is 72.8 Å².